The minimum atomic E-state index is -0.280. The van der Waals surface area contributed by atoms with Crippen molar-refractivity contribution in [3.8, 4) is 0 Å². The van der Waals surface area contributed by atoms with E-state index in [9.17, 15) is 14.4 Å². The van der Waals surface area contributed by atoms with Crippen LogP contribution in [-0.4, -0.2) is 41.8 Å². The van der Waals surface area contributed by atoms with E-state index in [4.69, 9.17) is 0 Å². The number of nitrogens with zero attached hydrogens (tertiary/aromatic N) is 1. The summed E-state index contributed by atoms with van der Waals surface area (Å²) in [5, 5.41) is 5.89. The SMILES string of the molecule is O=C(NC1CC1)c1ccccc1NC(=O)[C@H]1CCCN(C(=O)Cc2ccccc2)C1. The number of hydrogen-bond acceptors (Lipinski definition) is 3. The van der Waals surface area contributed by atoms with E-state index < -0.39 is 0 Å². The van der Waals surface area contributed by atoms with Gasteiger partial charge in [-0.3, -0.25) is 14.4 Å². The van der Waals surface area contributed by atoms with Gasteiger partial charge in [0.05, 0.1) is 23.6 Å². The van der Waals surface area contributed by atoms with Gasteiger partial charge in [0.15, 0.2) is 0 Å². The Kier molecular flexibility index (Phi) is 6.12. The Morgan fingerprint density at radius 1 is 0.933 bits per heavy atom. The Morgan fingerprint density at radius 2 is 1.67 bits per heavy atom. The van der Waals surface area contributed by atoms with Crippen LogP contribution in [0.2, 0.25) is 0 Å². The number of carbonyl (C=O) groups excluding carboxylic acids is 3. The van der Waals surface area contributed by atoms with Gasteiger partial charge < -0.3 is 15.5 Å². The fraction of sp³-hybridized carbons (Fsp3) is 0.375. The molecular formula is C24H27N3O3. The van der Waals surface area contributed by atoms with Crippen molar-refractivity contribution in [1.29, 1.82) is 0 Å². The molecule has 0 aromatic heterocycles. The van der Waals surface area contributed by atoms with Gasteiger partial charge in [-0.2, -0.15) is 0 Å². The zero-order valence-electron chi connectivity index (χ0n) is 17.0. The van der Waals surface area contributed by atoms with Crippen LogP contribution in [-0.2, 0) is 16.0 Å². The second kappa shape index (κ2) is 9.11. The number of nitrogens with one attached hydrogen (secondary N) is 2. The third kappa shape index (κ3) is 5.06. The van der Waals surface area contributed by atoms with Crippen molar-refractivity contribution in [2.24, 2.45) is 5.92 Å². The molecule has 0 unspecified atom stereocenters. The quantitative estimate of drug-likeness (QED) is 0.776. The lowest BCUT2D eigenvalue weighted by Crippen LogP contribution is -2.44. The number of benzene rings is 2. The molecule has 0 radical (unpaired) electrons. The summed E-state index contributed by atoms with van der Waals surface area (Å²) in [5.41, 5.74) is 1.98. The number of rotatable bonds is 6. The molecule has 4 rings (SSSR count). The lowest BCUT2D eigenvalue weighted by molar-refractivity contribution is -0.133. The molecule has 1 atom stereocenters. The van der Waals surface area contributed by atoms with Crippen molar-refractivity contribution in [3.05, 3.63) is 65.7 Å². The van der Waals surface area contributed by atoms with Gasteiger partial charge in [-0.05, 0) is 43.4 Å². The molecule has 156 valence electrons. The number of piperidine rings is 1. The van der Waals surface area contributed by atoms with Gasteiger partial charge in [0.1, 0.15) is 0 Å². The average Bonchev–Trinajstić information content (AvgIpc) is 3.59. The maximum absolute atomic E-state index is 12.9. The predicted octanol–water partition coefficient (Wildman–Crippen LogP) is 3.00. The van der Waals surface area contributed by atoms with Gasteiger partial charge in [0.2, 0.25) is 11.8 Å². The van der Waals surface area contributed by atoms with Crippen LogP contribution in [0.1, 0.15) is 41.6 Å². The van der Waals surface area contributed by atoms with Crippen LogP contribution in [0.15, 0.2) is 54.6 Å². The molecule has 6 heteroatoms. The highest BCUT2D eigenvalue weighted by atomic mass is 16.2. The first-order valence-corrected chi connectivity index (χ1v) is 10.6. The smallest absolute Gasteiger partial charge is 0.253 e. The molecule has 2 N–H and O–H groups in total. The average molecular weight is 405 g/mol. The van der Waals surface area contributed by atoms with Gasteiger partial charge >= 0.3 is 0 Å². The first-order chi connectivity index (χ1) is 14.6. The van der Waals surface area contributed by atoms with Crippen molar-refractivity contribution >= 4 is 23.4 Å². The molecule has 1 heterocycles. The number of carbonyl (C=O) groups is 3. The first kappa shape index (κ1) is 20.1. The van der Waals surface area contributed by atoms with Gasteiger partial charge in [-0.1, -0.05) is 42.5 Å². The predicted molar refractivity (Wildman–Crippen MR) is 115 cm³/mol. The fourth-order valence-corrected chi connectivity index (χ4v) is 3.82. The van der Waals surface area contributed by atoms with Crippen molar-refractivity contribution in [2.45, 2.75) is 38.1 Å². The zero-order chi connectivity index (χ0) is 20.9. The summed E-state index contributed by atoms with van der Waals surface area (Å²) in [5.74, 6) is -0.531. The molecule has 1 aliphatic carbocycles. The molecule has 30 heavy (non-hydrogen) atoms. The molecule has 0 spiro atoms. The Labute approximate surface area is 176 Å². The molecule has 6 nitrogen and oxygen atoms in total. The van der Waals surface area contributed by atoms with Gasteiger partial charge in [-0.15, -0.1) is 0 Å². The molecule has 1 saturated carbocycles. The van der Waals surface area contributed by atoms with Crippen LogP contribution in [0, 0.1) is 5.92 Å². The Hall–Kier alpha value is -3.15. The van der Waals surface area contributed by atoms with E-state index in [0.717, 1.165) is 31.2 Å². The third-order valence-corrected chi connectivity index (χ3v) is 5.69. The van der Waals surface area contributed by atoms with Crippen LogP contribution < -0.4 is 10.6 Å². The summed E-state index contributed by atoms with van der Waals surface area (Å²) in [4.78, 5) is 39.9. The van der Waals surface area contributed by atoms with Crippen LogP contribution in [0.3, 0.4) is 0 Å². The number of likely N-dealkylation sites (tertiary alicyclic amines) is 1. The molecule has 2 aliphatic rings. The minimum Gasteiger partial charge on any atom is -0.349 e. The third-order valence-electron chi connectivity index (χ3n) is 5.69. The van der Waals surface area contributed by atoms with Crippen LogP contribution in [0.5, 0.6) is 0 Å². The van der Waals surface area contributed by atoms with Gasteiger partial charge in [-0.25, -0.2) is 0 Å². The monoisotopic (exact) mass is 405 g/mol. The van der Waals surface area contributed by atoms with Crippen molar-refractivity contribution < 1.29 is 14.4 Å². The Balaban J connectivity index is 1.38. The largest absolute Gasteiger partial charge is 0.349 e. The van der Waals surface area contributed by atoms with E-state index in [1.807, 2.05) is 30.3 Å². The van der Waals surface area contributed by atoms with Crippen molar-refractivity contribution in [1.82, 2.24) is 10.2 Å². The fourth-order valence-electron chi connectivity index (χ4n) is 3.82. The molecule has 2 aromatic rings. The summed E-state index contributed by atoms with van der Waals surface area (Å²) in [6.07, 6.45) is 3.89. The maximum atomic E-state index is 12.9. The highest BCUT2D eigenvalue weighted by Crippen LogP contribution is 2.23. The van der Waals surface area contributed by atoms with E-state index >= 15 is 0 Å². The van der Waals surface area contributed by atoms with Crippen molar-refractivity contribution in [3.63, 3.8) is 0 Å². The number of para-hydroxylation sites is 1. The molecule has 1 saturated heterocycles. The molecular weight excluding hydrogens is 378 g/mol. The normalized spacial score (nSPS) is 18.5. The molecule has 2 aromatic carbocycles. The topological polar surface area (TPSA) is 78.5 Å². The van der Waals surface area contributed by atoms with Crippen LogP contribution in [0.4, 0.5) is 5.69 Å². The standard InChI is InChI=1S/C24H27N3O3/c28-22(15-17-7-2-1-3-8-17)27-14-6-9-18(16-27)23(29)26-21-11-5-4-10-20(21)24(30)25-19-12-13-19/h1-5,7-8,10-11,18-19H,6,9,12-16H2,(H,25,30)(H,26,29)/t18-/m0/s1. The van der Waals surface area contributed by atoms with E-state index in [1.165, 1.54) is 0 Å². The highest BCUT2D eigenvalue weighted by Gasteiger charge is 2.29. The minimum absolute atomic E-state index is 0.0444. The van der Waals surface area contributed by atoms with E-state index in [-0.39, 0.29) is 29.7 Å². The first-order valence-electron chi connectivity index (χ1n) is 10.6. The van der Waals surface area contributed by atoms with Gasteiger partial charge in [0.25, 0.3) is 5.91 Å². The van der Waals surface area contributed by atoms with Gasteiger partial charge in [0, 0.05) is 19.1 Å². The lowest BCUT2D eigenvalue weighted by Gasteiger charge is -2.32. The number of amides is 3. The highest BCUT2D eigenvalue weighted by molar-refractivity contribution is 6.04. The molecule has 0 bridgehead atoms. The van der Waals surface area contributed by atoms with Crippen molar-refractivity contribution in [2.75, 3.05) is 18.4 Å². The molecule has 2 fully saturated rings. The molecule has 3 amide bonds. The summed E-state index contributed by atoms with van der Waals surface area (Å²) >= 11 is 0. The number of anilines is 1. The second-order valence-corrected chi connectivity index (χ2v) is 8.12. The van der Waals surface area contributed by atoms with Crippen LogP contribution >= 0.6 is 0 Å². The molecule has 1 aliphatic heterocycles. The maximum Gasteiger partial charge on any atom is 0.253 e. The Morgan fingerprint density at radius 3 is 2.43 bits per heavy atom. The summed E-state index contributed by atoms with van der Waals surface area (Å²) in [6.45, 7) is 1.09. The summed E-state index contributed by atoms with van der Waals surface area (Å²) in [7, 11) is 0. The van der Waals surface area contributed by atoms with Crippen LogP contribution in [0.25, 0.3) is 0 Å². The second-order valence-electron chi connectivity index (χ2n) is 8.12. The summed E-state index contributed by atoms with van der Waals surface area (Å²) < 4.78 is 0. The van der Waals surface area contributed by atoms with E-state index in [0.29, 0.717) is 30.8 Å². The zero-order valence-corrected chi connectivity index (χ0v) is 17.0. The summed E-state index contributed by atoms with van der Waals surface area (Å²) in [6, 6.07) is 17.0. The number of hydrogen-bond donors (Lipinski definition) is 2. The lowest BCUT2D eigenvalue weighted by atomic mass is 9.96. The van der Waals surface area contributed by atoms with E-state index in [2.05, 4.69) is 10.6 Å². The van der Waals surface area contributed by atoms with E-state index in [1.54, 1.807) is 29.2 Å². The Bertz CT molecular complexity index is 924.